The second-order valence-corrected chi connectivity index (χ2v) is 7.36. The smallest absolute Gasteiger partial charge is 0.242 e. The molecule has 2 unspecified atom stereocenters. The van der Waals surface area contributed by atoms with Crippen molar-refractivity contribution in [3.8, 4) is 0 Å². The summed E-state index contributed by atoms with van der Waals surface area (Å²) >= 11 is 0. The summed E-state index contributed by atoms with van der Waals surface area (Å²) in [6.45, 7) is 13.2. The van der Waals surface area contributed by atoms with Gasteiger partial charge in [0.15, 0.2) is 0 Å². The molecular formula is C14H27N3O2. The maximum atomic E-state index is 12.5. The first kappa shape index (κ1) is 14.8. The molecule has 2 fully saturated rings. The number of hydrogen-bond donors (Lipinski definition) is 1. The second kappa shape index (κ2) is 4.72. The fourth-order valence-corrected chi connectivity index (χ4v) is 2.88. The highest BCUT2D eigenvalue weighted by molar-refractivity contribution is 5.86. The topological polar surface area (TPSA) is 58.8 Å². The van der Waals surface area contributed by atoms with Crippen molar-refractivity contribution in [2.75, 3.05) is 26.3 Å². The third-order valence-electron chi connectivity index (χ3n) is 4.00. The summed E-state index contributed by atoms with van der Waals surface area (Å²) in [4.78, 5) is 16.9. The molecule has 110 valence electrons. The average Bonchev–Trinajstić information content (AvgIpc) is 2.23. The van der Waals surface area contributed by atoms with Crippen LogP contribution in [0.3, 0.4) is 0 Å². The third kappa shape index (κ3) is 2.93. The first-order valence-corrected chi connectivity index (χ1v) is 7.05. The lowest BCUT2D eigenvalue weighted by atomic mass is 9.94. The maximum absolute atomic E-state index is 12.5. The lowest BCUT2D eigenvalue weighted by Crippen LogP contribution is -2.71. The minimum absolute atomic E-state index is 0.0411. The molecule has 0 spiro atoms. The Bertz CT molecular complexity index is 343. The van der Waals surface area contributed by atoms with E-state index in [1.807, 2.05) is 4.90 Å². The van der Waals surface area contributed by atoms with Gasteiger partial charge in [0.1, 0.15) is 0 Å². The van der Waals surface area contributed by atoms with Gasteiger partial charge in [0.05, 0.1) is 30.8 Å². The van der Waals surface area contributed by atoms with Gasteiger partial charge in [0.25, 0.3) is 0 Å². The Hall–Kier alpha value is -0.650. The Labute approximate surface area is 116 Å². The van der Waals surface area contributed by atoms with Crippen molar-refractivity contribution in [2.45, 2.75) is 57.8 Å². The number of nitrogens with two attached hydrogens (primary N) is 1. The maximum Gasteiger partial charge on any atom is 0.242 e. The van der Waals surface area contributed by atoms with Crippen molar-refractivity contribution in [3.05, 3.63) is 0 Å². The van der Waals surface area contributed by atoms with Crippen LogP contribution in [0, 0.1) is 0 Å². The van der Waals surface area contributed by atoms with E-state index >= 15 is 0 Å². The van der Waals surface area contributed by atoms with Crippen molar-refractivity contribution in [2.24, 2.45) is 5.73 Å². The van der Waals surface area contributed by atoms with Crippen LogP contribution in [0.25, 0.3) is 0 Å². The average molecular weight is 269 g/mol. The summed E-state index contributed by atoms with van der Waals surface area (Å²) in [6.07, 6.45) is 0. The Kier molecular flexibility index (Phi) is 3.66. The first-order valence-electron chi connectivity index (χ1n) is 7.05. The number of morpholine rings is 1. The number of ether oxygens (including phenoxy) is 1. The molecule has 2 aliphatic rings. The number of carbonyl (C=O) groups is 1. The monoisotopic (exact) mass is 269 g/mol. The molecule has 2 aliphatic heterocycles. The van der Waals surface area contributed by atoms with Gasteiger partial charge in [-0.15, -0.1) is 0 Å². The summed E-state index contributed by atoms with van der Waals surface area (Å²) < 4.78 is 5.63. The van der Waals surface area contributed by atoms with Crippen LogP contribution < -0.4 is 5.73 Å². The highest BCUT2D eigenvalue weighted by atomic mass is 16.5. The molecule has 5 heteroatoms. The number of amides is 1. The molecule has 2 atom stereocenters. The van der Waals surface area contributed by atoms with Crippen molar-refractivity contribution < 1.29 is 9.53 Å². The van der Waals surface area contributed by atoms with E-state index in [4.69, 9.17) is 10.5 Å². The molecule has 0 aromatic rings. The molecule has 2 saturated heterocycles. The molecule has 5 nitrogen and oxygen atoms in total. The summed E-state index contributed by atoms with van der Waals surface area (Å²) in [5, 5.41) is 0. The van der Waals surface area contributed by atoms with E-state index in [1.165, 1.54) is 0 Å². The molecule has 2 N–H and O–H groups in total. The molecule has 2 rings (SSSR count). The van der Waals surface area contributed by atoms with Gasteiger partial charge in [-0.3, -0.25) is 9.69 Å². The molecular weight excluding hydrogens is 242 g/mol. The van der Waals surface area contributed by atoms with Gasteiger partial charge < -0.3 is 15.4 Å². The molecule has 19 heavy (non-hydrogen) atoms. The van der Waals surface area contributed by atoms with Crippen LogP contribution in [0.2, 0.25) is 0 Å². The Balaban J connectivity index is 2.19. The highest BCUT2D eigenvalue weighted by Gasteiger charge is 2.45. The zero-order valence-electron chi connectivity index (χ0n) is 12.8. The predicted octanol–water partition coefficient (Wildman–Crippen LogP) is 0.434. The fraction of sp³-hybridized carbons (Fsp3) is 0.929. The summed E-state index contributed by atoms with van der Waals surface area (Å²) in [7, 11) is 0. The number of carbonyl (C=O) groups excluding carboxylic acids is 1. The van der Waals surface area contributed by atoms with Gasteiger partial charge in [-0.25, -0.2) is 0 Å². The van der Waals surface area contributed by atoms with Crippen LogP contribution in [-0.2, 0) is 9.53 Å². The van der Waals surface area contributed by atoms with Crippen molar-refractivity contribution >= 4 is 5.91 Å². The molecule has 0 radical (unpaired) electrons. The number of rotatable bonds is 1. The first-order chi connectivity index (χ1) is 8.60. The molecule has 0 aliphatic carbocycles. The van der Waals surface area contributed by atoms with Crippen molar-refractivity contribution in [3.63, 3.8) is 0 Å². The van der Waals surface area contributed by atoms with Gasteiger partial charge in [-0.2, -0.15) is 0 Å². The predicted molar refractivity (Wildman–Crippen MR) is 74.8 cm³/mol. The minimum Gasteiger partial charge on any atom is -0.377 e. The van der Waals surface area contributed by atoms with Gasteiger partial charge in [0.2, 0.25) is 5.91 Å². The van der Waals surface area contributed by atoms with Crippen LogP contribution in [0.4, 0.5) is 0 Å². The number of nitrogens with zero attached hydrogens (tertiary/aromatic N) is 2. The lowest BCUT2D eigenvalue weighted by molar-refractivity contribution is -0.163. The molecule has 1 amide bonds. The van der Waals surface area contributed by atoms with E-state index < -0.39 is 5.54 Å². The Morgan fingerprint density at radius 1 is 1.11 bits per heavy atom. The molecule has 2 bridgehead atoms. The minimum atomic E-state index is -0.808. The van der Waals surface area contributed by atoms with Crippen molar-refractivity contribution in [1.29, 1.82) is 0 Å². The number of piperazine rings is 1. The van der Waals surface area contributed by atoms with Crippen LogP contribution in [-0.4, -0.2) is 65.2 Å². The lowest BCUT2D eigenvalue weighted by Gasteiger charge is -2.54. The van der Waals surface area contributed by atoms with Gasteiger partial charge >= 0.3 is 0 Å². The van der Waals surface area contributed by atoms with E-state index in [0.29, 0.717) is 13.2 Å². The standard InChI is InChI=1S/C14H27N3O2/c1-13(2,3)16-6-10-8-19-9-11(7-16)17(10)12(18)14(4,5)15/h10-11H,6-9,15H2,1-5H3. The molecule has 0 aromatic carbocycles. The van der Waals surface area contributed by atoms with Crippen LogP contribution in [0.5, 0.6) is 0 Å². The zero-order valence-corrected chi connectivity index (χ0v) is 12.8. The van der Waals surface area contributed by atoms with Gasteiger partial charge in [0, 0.05) is 18.6 Å². The van der Waals surface area contributed by atoms with Gasteiger partial charge in [-0.1, -0.05) is 0 Å². The van der Waals surface area contributed by atoms with E-state index in [0.717, 1.165) is 13.1 Å². The number of fused-ring (bicyclic) bond motifs is 2. The summed E-state index contributed by atoms with van der Waals surface area (Å²) in [5.41, 5.74) is 5.31. The molecule has 0 saturated carbocycles. The second-order valence-electron chi connectivity index (χ2n) is 7.36. The Morgan fingerprint density at radius 3 is 1.95 bits per heavy atom. The molecule has 2 heterocycles. The Morgan fingerprint density at radius 2 is 1.58 bits per heavy atom. The molecule has 0 aromatic heterocycles. The zero-order chi connectivity index (χ0) is 14.4. The normalized spacial score (nSPS) is 29.5. The van der Waals surface area contributed by atoms with Crippen LogP contribution in [0.1, 0.15) is 34.6 Å². The van der Waals surface area contributed by atoms with Crippen LogP contribution >= 0.6 is 0 Å². The summed E-state index contributed by atoms with van der Waals surface area (Å²) in [5.74, 6) is 0.0411. The SMILES string of the molecule is CC(C)(N)C(=O)N1C2COCC1CN(C(C)(C)C)C2. The van der Waals surface area contributed by atoms with E-state index in [-0.39, 0.29) is 23.5 Å². The third-order valence-corrected chi connectivity index (χ3v) is 4.00. The van der Waals surface area contributed by atoms with E-state index in [1.54, 1.807) is 13.8 Å². The number of hydrogen-bond acceptors (Lipinski definition) is 4. The van der Waals surface area contributed by atoms with Crippen LogP contribution in [0.15, 0.2) is 0 Å². The fourth-order valence-electron chi connectivity index (χ4n) is 2.88. The van der Waals surface area contributed by atoms with Gasteiger partial charge in [-0.05, 0) is 34.6 Å². The van der Waals surface area contributed by atoms with Crippen molar-refractivity contribution in [1.82, 2.24) is 9.80 Å². The quantitative estimate of drug-likeness (QED) is 0.750. The summed E-state index contributed by atoms with van der Waals surface area (Å²) in [6, 6.07) is 0.254. The van der Waals surface area contributed by atoms with E-state index in [9.17, 15) is 4.79 Å². The highest BCUT2D eigenvalue weighted by Crippen LogP contribution is 2.28. The largest absolute Gasteiger partial charge is 0.377 e. The van der Waals surface area contributed by atoms with E-state index in [2.05, 4.69) is 25.7 Å².